The summed E-state index contributed by atoms with van der Waals surface area (Å²) in [5, 5.41) is 4.12. The molecule has 0 saturated carbocycles. The third-order valence-corrected chi connectivity index (χ3v) is 7.80. The first-order valence-corrected chi connectivity index (χ1v) is 11.9. The van der Waals surface area contributed by atoms with E-state index >= 15 is 0 Å². The Labute approximate surface area is 188 Å². The molecule has 2 heterocycles. The Morgan fingerprint density at radius 1 is 1.06 bits per heavy atom. The first-order chi connectivity index (χ1) is 15.3. The lowest BCUT2D eigenvalue weighted by atomic mass is 10.00. The number of ether oxygens (including phenoxy) is 2. The molecule has 0 unspecified atom stereocenters. The molecular formula is C23H27N3O5S. The fourth-order valence-electron chi connectivity index (χ4n) is 3.88. The third kappa shape index (κ3) is 4.22. The van der Waals surface area contributed by atoms with Crippen molar-refractivity contribution in [3.8, 4) is 22.9 Å². The number of methoxy groups -OCH3 is 2. The van der Waals surface area contributed by atoms with E-state index in [0.29, 0.717) is 46.8 Å². The molecule has 1 aliphatic heterocycles. The highest BCUT2D eigenvalue weighted by atomic mass is 32.2. The average molecular weight is 458 g/mol. The van der Waals surface area contributed by atoms with Crippen molar-refractivity contribution in [3.05, 3.63) is 53.4 Å². The van der Waals surface area contributed by atoms with Gasteiger partial charge in [-0.1, -0.05) is 11.2 Å². The van der Waals surface area contributed by atoms with Gasteiger partial charge in [0.05, 0.1) is 30.6 Å². The minimum atomic E-state index is -3.60. The van der Waals surface area contributed by atoms with Crippen LogP contribution in [0.15, 0.2) is 45.8 Å². The minimum Gasteiger partial charge on any atom is -0.497 e. The van der Waals surface area contributed by atoms with Crippen LogP contribution in [0.5, 0.6) is 11.5 Å². The third-order valence-electron chi connectivity index (χ3n) is 5.94. The number of rotatable bonds is 6. The summed E-state index contributed by atoms with van der Waals surface area (Å²) < 4.78 is 44.2. The zero-order chi connectivity index (χ0) is 22.9. The molecule has 1 aromatic heterocycles. The Morgan fingerprint density at radius 2 is 1.88 bits per heavy atom. The van der Waals surface area contributed by atoms with E-state index in [-0.39, 0.29) is 5.92 Å². The van der Waals surface area contributed by atoms with Crippen LogP contribution >= 0.6 is 0 Å². The van der Waals surface area contributed by atoms with Crippen molar-refractivity contribution in [1.29, 1.82) is 0 Å². The number of benzene rings is 2. The van der Waals surface area contributed by atoms with Gasteiger partial charge in [0.2, 0.25) is 21.7 Å². The predicted octanol–water partition coefficient (Wildman–Crippen LogP) is 3.94. The van der Waals surface area contributed by atoms with Crippen LogP contribution in [0.3, 0.4) is 0 Å². The molecule has 2 aromatic carbocycles. The molecule has 170 valence electrons. The van der Waals surface area contributed by atoms with Gasteiger partial charge in [-0.3, -0.25) is 0 Å². The van der Waals surface area contributed by atoms with E-state index in [2.05, 4.69) is 10.1 Å². The Hall–Kier alpha value is -2.91. The predicted molar refractivity (Wildman–Crippen MR) is 119 cm³/mol. The summed E-state index contributed by atoms with van der Waals surface area (Å²) in [6, 6.07) is 10.6. The van der Waals surface area contributed by atoms with Crippen molar-refractivity contribution in [2.24, 2.45) is 0 Å². The number of aromatic nitrogens is 2. The molecule has 0 radical (unpaired) electrons. The second kappa shape index (κ2) is 8.91. The molecule has 0 N–H and O–H groups in total. The smallest absolute Gasteiger partial charge is 0.243 e. The van der Waals surface area contributed by atoms with Crippen LogP contribution in [0.2, 0.25) is 0 Å². The van der Waals surface area contributed by atoms with Gasteiger partial charge in [-0.2, -0.15) is 9.29 Å². The van der Waals surface area contributed by atoms with Gasteiger partial charge in [-0.15, -0.1) is 0 Å². The van der Waals surface area contributed by atoms with Crippen molar-refractivity contribution in [3.63, 3.8) is 0 Å². The lowest BCUT2D eigenvalue weighted by Crippen LogP contribution is -2.39. The van der Waals surface area contributed by atoms with Crippen LogP contribution in [0.25, 0.3) is 11.4 Å². The molecular weight excluding hydrogens is 430 g/mol. The fourth-order valence-corrected chi connectivity index (χ4v) is 5.49. The van der Waals surface area contributed by atoms with E-state index in [1.807, 2.05) is 26.0 Å². The molecule has 3 aromatic rings. The molecule has 0 amide bonds. The quantitative estimate of drug-likeness (QED) is 0.553. The maximum absolute atomic E-state index is 13.2. The van der Waals surface area contributed by atoms with E-state index < -0.39 is 10.0 Å². The largest absolute Gasteiger partial charge is 0.497 e. The highest BCUT2D eigenvalue weighted by molar-refractivity contribution is 7.89. The van der Waals surface area contributed by atoms with E-state index in [1.54, 1.807) is 38.5 Å². The molecule has 0 bridgehead atoms. The maximum Gasteiger partial charge on any atom is 0.243 e. The summed E-state index contributed by atoms with van der Waals surface area (Å²) in [6.07, 6.45) is 1.50. The van der Waals surface area contributed by atoms with Crippen LogP contribution < -0.4 is 9.47 Å². The molecule has 0 spiro atoms. The zero-order valence-corrected chi connectivity index (χ0v) is 19.5. The summed E-state index contributed by atoms with van der Waals surface area (Å²) in [6.45, 7) is 4.66. The summed E-state index contributed by atoms with van der Waals surface area (Å²) >= 11 is 0. The first-order valence-electron chi connectivity index (χ1n) is 10.5. The summed E-state index contributed by atoms with van der Waals surface area (Å²) in [5.41, 5.74) is 2.70. The normalized spacial score (nSPS) is 17.3. The number of nitrogens with zero attached hydrogens (tertiary/aromatic N) is 3. The van der Waals surface area contributed by atoms with Crippen LogP contribution in [-0.2, 0) is 10.0 Å². The molecule has 9 heteroatoms. The lowest BCUT2D eigenvalue weighted by Gasteiger charge is -2.30. The fraction of sp³-hybridized carbons (Fsp3) is 0.391. The first kappa shape index (κ1) is 22.3. The van der Waals surface area contributed by atoms with Crippen LogP contribution in [0.4, 0.5) is 0 Å². The van der Waals surface area contributed by atoms with Crippen molar-refractivity contribution in [2.45, 2.75) is 37.5 Å². The van der Waals surface area contributed by atoms with Gasteiger partial charge in [-0.05, 0) is 62.1 Å². The van der Waals surface area contributed by atoms with Crippen LogP contribution in [-0.4, -0.2) is 50.2 Å². The van der Waals surface area contributed by atoms with E-state index in [4.69, 9.17) is 14.0 Å². The average Bonchev–Trinajstić information content (AvgIpc) is 3.30. The number of hydrogen-bond acceptors (Lipinski definition) is 7. The monoisotopic (exact) mass is 457 g/mol. The number of sulfonamides is 1. The molecule has 32 heavy (non-hydrogen) atoms. The molecule has 0 aliphatic carbocycles. The molecule has 1 saturated heterocycles. The van der Waals surface area contributed by atoms with Gasteiger partial charge in [-0.25, -0.2) is 8.42 Å². The number of aryl methyl sites for hydroxylation is 2. The minimum absolute atomic E-state index is 0.171. The van der Waals surface area contributed by atoms with Gasteiger partial charge in [0, 0.05) is 19.2 Å². The van der Waals surface area contributed by atoms with Crippen molar-refractivity contribution in [2.75, 3.05) is 27.3 Å². The highest BCUT2D eigenvalue weighted by Crippen LogP contribution is 2.34. The number of hydrogen-bond donors (Lipinski definition) is 0. The van der Waals surface area contributed by atoms with Gasteiger partial charge in [0.15, 0.2) is 0 Å². The molecule has 1 fully saturated rings. The van der Waals surface area contributed by atoms with Gasteiger partial charge >= 0.3 is 0 Å². The van der Waals surface area contributed by atoms with Crippen molar-refractivity contribution >= 4 is 10.0 Å². The summed E-state index contributed by atoms with van der Waals surface area (Å²) in [7, 11) is -0.446. The zero-order valence-electron chi connectivity index (χ0n) is 18.7. The number of piperidine rings is 1. The van der Waals surface area contributed by atoms with E-state index in [0.717, 1.165) is 24.0 Å². The summed E-state index contributed by atoms with van der Waals surface area (Å²) in [5.74, 6) is 1.88. The Bertz CT molecular complexity index is 1220. The lowest BCUT2D eigenvalue weighted by molar-refractivity contribution is 0.265. The van der Waals surface area contributed by atoms with Crippen molar-refractivity contribution < 1.29 is 22.4 Å². The SMILES string of the molecule is COc1ccc(-c2noc([C@@H]3CCCN(S(=O)(=O)c4ccc(C)c(C)c4)C3)n2)c(OC)c1. The van der Waals surface area contributed by atoms with Gasteiger partial charge in [0.1, 0.15) is 11.5 Å². The molecule has 8 nitrogen and oxygen atoms in total. The molecule has 1 aliphatic rings. The van der Waals surface area contributed by atoms with Crippen LogP contribution in [0, 0.1) is 13.8 Å². The maximum atomic E-state index is 13.2. The standard InChI is InChI=1S/C23H27N3O5S/c1-15-7-9-19(12-16(15)2)32(27,28)26-11-5-6-17(14-26)23-24-22(25-31-23)20-10-8-18(29-3)13-21(20)30-4/h7-10,12-13,17H,5-6,11,14H2,1-4H3/t17-/m1/s1. The highest BCUT2D eigenvalue weighted by Gasteiger charge is 2.33. The molecule has 1 atom stereocenters. The molecule has 4 rings (SSSR count). The van der Waals surface area contributed by atoms with Gasteiger partial charge in [0.25, 0.3) is 0 Å². The van der Waals surface area contributed by atoms with Crippen molar-refractivity contribution in [1.82, 2.24) is 14.4 Å². The summed E-state index contributed by atoms with van der Waals surface area (Å²) in [4.78, 5) is 4.88. The van der Waals surface area contributed by atoms with Gasteiger partial charge < -0.3 is 14.0 Å². The Kier molecular flexibility index (Phi) is 6.21. The second-order valence-electron chi connectivity index (χ2n) is 7.97. The van der Waals surface area contributed by atoms with E-state index in [1.165, 1.54) is 4.31 Å². The van der Waals surface area contributed by atoms with E-state index in [9.17, 15) is 8.42 Å². The topological polar surface area (TPSA) is 94.8 Å². The van der Waals surface area contributed by atoms with Crippen LogP contribution in [0.1, 0.15) is 35.8 Å². The Balaban J connectivity index is 1.57. The Morgan fingerprint density at radius 3 is 2.59 bits per heavy atom. The second-order valence-corrected chi connectivity index (χ2v) is 9.91.